The van der Waals surface area contributed by atoms with Crippen LogP contribution < -0.4 is 15.8 Å². The van der Waals surface area contributed by atoms with Crippen molar-refractivity contribution in [2.75, 3.05) is 18.4 Å². The Kier molecular flexibility index (Phi) is 9.04. The Labute approximate surface area is 208 Å². The lowest BCUT2D eigenvalue weighted by atomic mass is 9.86. The third-order valence-corrected chi connectivity index (χ3v) is 6.45. The minimum Gasteiger partial charge on any atom is -0.426 e. The molecule has 1 aliphatic carbocycles. The molecule has 0 atom stereocenters. The SMILES string of the molecule is CC(=O)Oc1ccccc1C(=O)Nc1ccccc1CN(CC(C)(C)CN)C(=O)C1CCCCC1. The average Bonchev–Trinajstić information content (AvgIpc) is 2.84. The van der Waals surface area contributed by atoms with Gasteiger partial charge < -0.3 is 20.7 Å². The Morgan fingerprint density at radius 2 is 1.69 bits per heavy atom. The fraction of sp³-hybridized carbons (Fsp3) is 0.464. The van der Waals surface area contributed by atoms with Gasteiger partial charge in [0.05, 0.1) is 5.56 Å². The van der Waals surface area contributed by atoms with Crippen molar-refractivity contribution in [3.8, 4) is 5.75 Å². The summed E-state index contributed by atoms with van der Waals surface area (Å²) in [5, 5.41) is 2.95. The fourth-order valence-corrected chi connectivity index (χ4v) is 4.47. The summed E-state index contributed by atoms with van der Waals surface area (Å²) in [5.41, 5.74) is 7.48. The molecule has 0 radical (unpaired) electrons. The lowest BCUT2D eigenvalue weighted by Crippen LogP contribution is -2.44. The molecule has 3 rings (SSSR count). The number of hydrogen-bond donors (Lipinski definition) is 2. The summed E-state index contributed by atoms with van der Waals surface area (Å²) in [7, 11) is 0. The van der Waals surface area contributed by atoms with Crippen molar-refractivity contribution in [2.45, 2.75) is 59.4 Å². The molecule has 0 bridgehead atoms. The molecule has 2 aromatic carbocycles. The van der Waals surface area contributed by atoms with Crippen LogP contribution in [0.25, 0.3) is 0 Å². The molecule has 2 aromatic rings. The van der Waals surface area contributed by atoms with Crippen LogP contribution in [0, 0.1) is 11.3 Å². The maximum absolute atomic E-state index is 13.5. The van der Waals surface area contributed by atoms with Crippen molar-refractivity contribution in [3.05, 3.63) is 59.7 Å². The standard InChI is InChI=1S/C28H37N3O4/c1-20(32)35-25-16-10-8-14-23(25)26(33)30-24-15-9-7-13-22(24)17-31(19-28(2,3)18-29)27(34)21-11-5-4-6-12-21/h7-10,13-16,21H,4-6,11-12,17-19,29H2,1-3H3,(H,30,33). The van der Waals surface area contributed by atoms with Crippen molar-refractivity contribution < 1.29 is 19.1 Å². The number of nitrogens with two attached hydrogens (primary N) is 1. The first-order chi connectivity index (χ1) is 16.7. The Balaban J connectivity index is 1.84. The van der Waals surface area contributed by atoms with Crippen LogP contribution in [0.1, 0.15) is 68.8 Å². The third-order valence-electron chi connectivity index (χ3n) is 6.45. The molecule has 0 saturated heterocycles. The molecule has 35 heavy (non-hydrogen) atoms. The van der Waals surface area contributed by atoms with Gasteiger partial charge in [0.1, 0.15) is 5.75 Å². The minimum atomic E-state index is -0.495. The van der Waals surface area contributed by atoms with Gasteiger partial charge in [-0.15, -0.1) is 0 Å². The molecule has 1 fully saturated rings. The van der Waals surface area contributed by atoms with Crippen LogP contribution in [0.15, 0.2) is 48.5 Å². The number of anilines is 1. The Hall–Kier alpha value is -3.19. The molecule has 7 nitrogen and oxygen atoms in total. The highest BCUT2D eigenvalue weighted by Gasteiger charge is 2.30. The largest absolute Gasteiger partial charge is 0.426 e. The molecule has 188 valence electrons. The van der Waals surface area contributed by atoms with Crippen LogP contribution in [0.4, 0.5) is 5.69 Å². The highest BCUT2D eigenvalue weighted by atomic mass is 16.5. The predicted molar refractivity (Wildman–Crippen MR) is 137 cm³/mol. The summed E-state index contributed by atoms with van der Waals surface area (Å²) in [6.45, 7) is 6.80. The van der Waals surface area contributed by atoms with Gasteiger partial charge >= 0.3 is 5.97 Å². The van der Waals surface area contributed by atoms with Gasteiger partial charge in [0.25, 0.3) is 5.91 Å². The van der Waals surface area contributed by atoms with Crippen molar-refractivity contribution in [3.63, 3.8) is 0 Å². The molecular formula is C28H37N3O4. The van der Waals surface area contributed by atoms with Gasteiger partial charge in [-0.25, -0.2) is 0 Å². The number of nitrogens with zero attached hydrogens (tertiary/aromatic N) is 1. The first-order valence-electron chi connectivity index (χ1n) is 12.4. The number of benzene rings is 2. The first-order valence-corrected chi connectivity index (χ1v) is 12.4. The van der Waals surface area contributed by atoms with Gasteiger partial charge in [0, 0.05) is 31.6 Å². The summed E-state index contributed by atoms with van der Waals surface area (Å²) < 4.78 is 5.20. The third kappa shape index (κ3) is 7.39. The van der Waals surface area contributed by atoms with E-state index in [0.29, 0.717) is 25.3 Å². The number of amides is 2. The van der Waals surface area contributed by atoms with Crippen LogP contribution in [0.2, 0.25) is 0 Å². The van der Waals surface area contributed by atoms with Crippen molar-refractivity contribution >= 4 is 23.5 Å². The molecule has 3 N–H and O–H groups in total. The van der Waals surface area contributed by atoms with Gasteiger partial charge in [0.15, 0.2) is 0 Å². The molecule has 0 spiro atoms. The number of nitrogens with one attached hydrogen (secondary N) is 1. The van der Waals surface area contributed by atoms with E-state index in [1.54, 1.807) is 24.3 Å². The first kappa shape index (κ1) is 26.4. The van der Waals surface area contributed by atoms with Crippen LogP contribution in [-0.4, -0.2) is 35.8 Å². The molecule has 1 saturated carbocycles. The smallest absolute Gasteiger partial charge is 0.308 e. The van der Waals surface area contributed by atoms with E-state index in [0.717, 1.165) is 31.2 Å². The summed E-state index contributed by atoms with van der Waals surface area (Å²) in [6.07, 6.45) is 5.19. The molecule has 0 heterocycles. The van der Waals surface area contributed by atoms with E-state index in [1.807, 2.05) is 29.2 Å². The van der Waals surface area contributed by atoms with Crippen molar-refractivity contribution in [1.82, 2.24) is 4.90 Å². The predicted octanol–water partition coefficient (Wildman–Crippen LogP) is 4.76. The van der Waals surface area contributed by atoms with Crippen molar-refractivity contribution in [1.29, 1.82) is 0 Å². The number of carbonyl (C=O) groups is 3. The van der Waals surface area contributed by atoms with Crippen LogP contribution >= 0.6 is 0 Å². The Bertz CT molecular complexity index is 1040. The van der Waals surface area contributed by atoms with E-state index in [-0.39, 0.29) is 34.5 Å². The molecule has 7 heteroatoms. The summed E-state index contributed by atoms with van der Waals surface area (Å²) in [4.78, 5) is 40.0. The van der Waals surface area contributed by atoms with Crippen LogP contribution in [-0.2, 0) is 16.1 Å². The highest BCUT2D eigenvalue weighted by molar-refractivity contribution is 6.06. The number of hydrogen-bond acceptors (Lipinski definition) is 5. The van der Waals surface area contributed by atoms with E-state index in [2.05, 4.69) is 19.2 Å². The zero-order chi connectivity index (χ0) is 25.4. The molecular weight excluding hydrogens is 442 g/mol. The van der Waals surface area contributed by atoms with E-state index >= 15 is 0 Å². The number of para-hydroxylation sites is 2. The van der Waals surface area contributed by atoms with Gasteiger partial charge in [-0.1, -0.05) is 63.4 Å². The highest BCUT2D eigenvalue weighted by Crippen LogP contribution is 2.29. The van der Waals surface area contributed by atoms with Crippen molar-refractivity contribution in [2.24, 2.45) is 17.1 Å². The summed E-state index contributed by atoms with van der Waals surface area (Å²) >= 11 is 0. The number of esters is 1. The second-order valence-electron chi connectivity index (χ2n) is 10.1. The minimum absolute atomic E-state index is 0.0367. The molecule has 0 unspecified atom stereocenters. The maximum atomic E-state index is 13.5. The summed E-state index contributed by atoms with van der Waals surface area (Å²) in [5.74, 6) is -0.484. The lowest BCUT2D eigenvalue weighted by Gasteiger charge is -2.35. The second kappa shape index (κ2) is 12.0. The average molecular weight is 480 g/mol. The zero-order valence-corrected chi connectivity index (χ0v) is 21.0. The monoisotopic (exact) mass is 479 g/mol. The van der Waals surface area contributed by atoms with Gasteiger partial charge in [0.2, 0.25) is 5.91 Å². The van der Waals surface area contributed by atoms with Gasteiger partial charge in [-0.05, 0) is 48.6 Å². The summed E-state index contributed by atoms with van der Waals surface area (Å²) in [6, 6.07) is 14.1. The second-order valence-corrected chi connectivity index (χ2v) is 10.1. The van der Waals surface area contributed by atoms with E-state index in [4.69, 9.17) is 10.5 Å². The topological polar surface area (TPSA) is 102 Å². The van der Waals surface area contributed by atoms with Crippen LogP contribution in [0.5, 0.6) is 5.75 Å². The quantitative estimate of drug-likeness (QED) is 0.399. The Morgan fingerprint density at radius 1 is 1.03 bits per heavy atom. The number of ether oxygens (including phenoxy) is 1. The molecule has 0 aliphatic heterocycles. The number of rotatable bonds is 9. The van der Waals surface area contributed by atoms with Crippen LogP contribution in [0.3, 0.4) is 0 Å². The zero-order valence-electron chi connectivity index (χ0n) is 21.0. The number of carbonyl (C=O) groups excluding carboxylic acids is 3. The van der Waals surface area contributed by atoms with E-state index in [9.17, 15) is 14.4 Å². The fourth-order valence-electron chi connectivity index (χ4n) is 4.47. The normalized spacial score (nSPS) is 14.3. The lowest BCUT2D eigenvalue weighted by molar-refractivity contribution is -0.138. The molecule has 1 aliphatic rings. The maximum Gasteiger partial charge on any atom is 0.308 e. The van der Waals surface area contributed by atoms with Gasteiger partial charge in [-0.3, -0.25) is 14.4 Å². The van der Waals surface area contributed by atoms with E-state index < -0.39 is 5.97 Å². The Morgan fingerprint density at radius 3 is 2.37 bits per heavy atom. The van der Waals surface area contributed by atoms with Gasteiger partial charge in [-0.2, -0.15) is 0 Å². The molecule has 2 amide bonds. The van der Waals surface area contributed by atoms with E-state index in [1.165, 1.54) is 13.3 Å². The molecule has 0 aromatic heterocycles.